The van der Waals surface area contributed by atoms with Crippen molar-refractivity contribution in [3.05, 3.63) is 34.9 Å². The maximum Gasteiger partial charge on any atom is 0.0468 e. The molecule has 1 unspecified atom stereocenters. The topological polar surface area (TPSA) is 9.23 Å². The maximum absolute atomic E-state index is 6.06. The molecular formula is C11H15ClO. The van der Waals surface area contributed by atoms with Gasteiger partial charge in [0.05, 0.1) is 0 Å². The summed E-state index contributed by atoms with van der Waals surface area (Å²) in [4.78, 5) is 0. The van der Waals surface area contributed by atoms with Gasteiger partial charge in [0.1, 0.15) is 0 Å². The molecule has 0 spiro atoms. The zero-order valence-electron chi connectivity index (χ0n) is 8.09. The Morgan fingerprint density at radius 1 is 1.38 bits per heavy atom. The van der Waals surface area contributed by atoms with Crippen LogP contribution in [0.4, 0.5) is 0 Å². The molecule has 0 N–H and O–H groups in total. The zero-order valence-corrected chi connectivity index (χ0v) is 8.84. The Kier molecular flexibility index (Phi) is 4.26. The molecule has 1 nitrogen and oxygen atoms in total. The first-order valence-corrected chi connectivity index (χ1v) is 4.87. The molecule has 13 heavy (non-hydrogen) atoms. The molecule has 72 valence electrons. The van der Waals surface area contributed by atoms with E-state index in [1.807, 2.05) is 18.2 Å². The van der Waals surface area contributed by atoms with Gasteiger partial charge in [0.15, 0.2) is 0 Å². The lowest BCUT2D eigenvalue weighted by molar-refractivity contribution is 0.189. The lowest BCUT2D eigenvalue weighted by Crippen LogP contribution is -1.99. The number of ether oxygens (including phenoxy) is 1. The van der Waals surface area contributed by atoms with Crippen LogP contribution in [0, 0.1) is 0 Å². The predicted molar refractivity (Wildman–Crippen MR) is 56.4 cm³/mol. The minimum absolute atomic E-state index is 0.466. The highest BCUT2D eigenvalue weighted by Crippen LogP contribution is 2.26. The molecule has 0 amide bonds. The van der Waals surface area contributed by atoms with Crippen LogP contribution < -0.4 is 0 Å². The Morgan fingerprint density at radius 2 is 2.08 bits per heavy atom. The molecule has 1 atom stereocenters. The highest BCUT2D eigenvalue weighted by molar-refractivity contribution is 6.31. The van der Waals surface area contributed by atoms with E-state index in [1.165, 1.54) is 5.56 Å². The third kappa shape index (κ3) is 3.02. The molecule has 1 aromatic rings. The third-order valence-electron chi connectivity index (χ3n) is 2.19. The summed E-state index contributed by atoms with van der Waals surface area (Å²) >= 11 is 6.06. The standard InChI is InChI=1S/C11H15ClO/c1-9(7-8-13-2)10-5-3-4-6-11(10)12/h3-6,9H,7-8H2,1-2H3. The normalized spacial score (nSPS) is 12.8. The first-order chi connectivity index (χ1) is 6.25. The molecule has 2 heteroatoms. The van der Waals surface area contributed by atoms with E-state index in [9.17, 15) is 0 Å². The van der Waals surface area contributed by atoms with Crippen LogP contribution >= 0.6 is 11.6 Å². The van der Waals surface area contributed by atoms with Crippen LogP contribution in [0.2, 0.25) is 5.02 Å². The molecule has 0 heterocycles. The van der Waals surface area contributed by atoms with Gasteiger partial charge in [0.2, 0.25) is 0 Å². The van der Waals surface area contributed by atoms with Gasteiger partial charge in [-0.3, -0.25) is 0 Å². The van der Waals surface area contributed by atoms with Gasteiger partial charge in [-0.25, -0.2) is 0 Å². The number of hydrogen-bond donors (Lipinski definition) is 0. The van der Waals surface area contributed by atoms with Crippen molar-refractivity contribution in [2.24, 2.45) is 0 Å². The monoisotopic (exact) mass is 198 g/mol. The molecule has 1 rings (SSSR count). The lowest BCUT2D eigenvalue weighted by atomic mass is 9.98. The minimum atomic E-state index is 0.466. The van der Waals surface area contributed by atoms with Gasteiger partial charge in [-0.1, -0.05) is 36.7 Å². The number of methoxy groups -OCH3 is 1. The quantitative estimate of drug-likeness (QED) is 0.720. The smallest absolute Gasteiger partial charge is 0.0468 e. The molecule has 0 bridgehead atoms. The summed E-state index contributed by atoms with van der Waals surface area (Å²) in [5, 5.41) is 0.853. The summed E-state index contributed by atoms with van der Waals surface area (Å²) in [6, 6.07) is 7.97. The van der Waals surface area contributed by atoms with Crippen molar-refractivity contribution < 1.29 is 4.74 Å². The Morgan fingerprint density at radius 3 is 2.69 bits per heavy atom. The van der Waals surface area contributed by atoms with Crippen molar-refractivity contribution in [2.75, 3.05) is 13.7 Å². The Balaban J connectivity index is 2.65. The van der Waals surface area contributed by atoms with Gasteiger partial charge >= 0.3 is 0 Å². The van der Waals surface area contributed by atoms with Crippen LogP contribution in [-0.2, 0) is 4.74 Å². The number of benzene rings is 1. The van der Waals surface area contributed by atoms with E-state index in [1.54, 1.807) is 7.11 Å². The molecule has 0 saturated carbocycles. The van der Waals surface area contributed by atoms with Crippen LogP contribution in [0.25, 0.3) is 0 Å². The summed E-state index contributed by atoms with van der Waals surface area (Å²) in [6.07, 6.45) is 1.01. The molecule has 0 aromatic heterocycles. The fourth-order valence-corrected chi connectivity index (χ4v) is 1.65. The van der Waals surface area contributed by atoms with Crippen molar-refractivity contribution in [1.29, 1.82) is 0 Å². The van der Waals surface area contributed by atoms with Crippen LogP contribution in [-0.4, -0.2) is 13.7 Å². The maximum atomic E-state index is 6.06. The number of halogens is 1. The van der Waals surface area contributed by atoms with Crippen LogP contribution in [0.15, 0.2) is 24.3 Å². The first-order valence-electron chi connectivity index (χ1n) is 4.49. The fraction of sp³-hybridized carbons (Fsp3) is 0.455. The fourth-order valence-electron chi connectivity index (χ4n) is 1.32. The van der Waals surface area contributed by atoms with Gasteiger partial charge in [-0.15, -0.1) is 0 Å². The van der Waals surface area contributed by atoms with E-state index in [-0.39, 0.29) is 0 Å². The van der Waals surface area contributed by atoms with Crippen molar-refractivity contribution in [3.8, 4) is 0 Å². The largest absolute Gasteiger partial charge is 0.385 e. The van der Waals surface area contributed by atoms with Gasteiger partial charge in [0.25, 0.3) is 0 Å². The van der Waals surface area contributed by atoms with E-state index in [0.29, 0.717) is 5.92 Å². The van der Waals surface area contributed by atoms with Crippen LogP contribution in [0.3, 0.4) is 0 Å². The average molecular weight is 199 g/mol. The van der Waals surface area contributed by atoms with Crippen LogP contribution in [0.5, 0.6) is 0 Å². The van der Waals surface area contributed by atoms with Crippen molar-refractivity contribution in [3.63, 3.8) is 0 Å². The highest BCUT2D eigenvalue weighted by atomic mass is 35.5. The lowest BCUT2D eigenvalue weighted by Gasteiger charge is -2.12. The first kappa shape index (κ1) is 10.6. The average Bonchev–Trinajstić information content (AvgIpc) is 2.15. The number of rotatable bonds is 4. The van der Waals surface area contributed by atoms with Gasteiger partial charge < -0.3 is 4.74 Å². The summed E-state index contributed by atoms with van der Waals surface area (Å²) in [5.41, 5.74) is 1.21. The van der Waals surface area contributed by atoms with E-state index in [2.05, 4.69) is 13.0 Å². The molecule has 0 fully saturated rings. The molecule has 0 aliphatic carbocycles. The van der Waals surface area contributed by atoms with Gasteiger partial charge in [-0.05, 0) is 24.0 Å². The van der Waals surface area contributed by atoms with E-state index in [4.69, 9.17) is 16.3 Å². The number of hydrogen-bond acceptors (Lipinski definition) is 1. The third-order valence-corrected chi connectivity index (χ3v) is 2.54. The molecule has 0 radical (unpaired) electrons. The molecule has 0 aliphatic heterocycles. The Hall–Kier alpha value is -0.530. The van der Waals surface area contributed by atoms with Crippen molar-refractivity contribution >= 4 is 11.6 Å². The van der Waals surface area contributed by atoms with Crippen molar-refractivity contribution in [1.82, 2.24) is 0 Å². The van der Waals surface area contributed by atoms with Gasteiger partial charge in [0, 0.05) is 18.7 Å². The van der Waals surface area contributed by atoms with E-state index < -0.39 is 0 Å². The minimum Gasteiger partial charge on any atom is -0.385 e. The zero-order chi connectivity index (χ0) is 9.68. The molecule has 0 aliphatic rings. The SMILES string of the molecule is COCCC(C)c1ccccc1Cl. The molecule has 0 saturated heterocycles. The summed E-state index contributed by atoms with van der Waals surface area (Å²) in [6.45, 7) is 2.95. The Bertz CT molecular complexity index is 260. The second kappa shape index (κ2) is 5.25. The highest BCUT2D eigenvalue weighted by Gasteiger charge is 2.07. The second-order valence-electron chi connectivity index (χ2n) is 3.20. The summed E-state index contributed by atoms with van der Waals surface area (Å²) < 4.78 is 5.03. The summed E-state index contributed by atoms with van der Waals surface area (Å²) in [5.74, 6) is 0.466. The molecular weight excluding hydrogens is 184 g/mol. The van der Waals surface area contributed by atoms with E-state index >= 15 is 0 Å². The second-order valence-corrected chi connectivity index (χ2v) is 3.61. The Labute approximate surface area is 84.7 Å². The van der Waals surface area contributed by atoms with Crippen LogP contribution in [0.1, 0.15) is 24.8 Å². The van der Waals surface area contributed by atoms with E-state index in [0.717, 1.165) is 18.1 Å². The summed E-state index contributed by atoms with van der Waals surface area (Å²) in [7, 11) is 1.72. The molecule has 1 aromatic carbocycles. The van der Waals surface area contributed by atoms with Gasteiger partial charge in [-0.2, -0.15) is 0 Å². The van der Waals surface area contributed by atoms with Crippen molar-refractivity contribution in [2.45, 2.75) is 19.3 Å². The predicted octanol–water partition coefficient (Wildman–Crippen LogP) is 3.48.